The number of amides is 2. The van der Waals surface area contributed by atoms with Crippen molar-refractivity contribution in [3.8, 4) is 0 Å². The van der Waals surface area contributed by atoms with Crippen LogP contribution in [-0.4, -0.2) is 31.4 Å². The van der Waals surface area contributed by atoms with Crippen LogP contribution in [0.3, 0.4) is 0 Å². The Labute approximate surface area is 167 Å². The molecule has 28 heavy (non-hydrogen) atoms. The highest BCUT2D eigenvalue weighted by Crippen LogP contribution is 2.20. The first-order chi connectivity index (χ1) is 13.3. The van der Waals surface area contributed by atoms with Crippen LogP contribution in [0, 0.1) is 13.8 Å². The lowest BCUT2D eigenvalue weighted by atomic mass is 10.1. The van der Waals surface area contributed by atoms with Gasteiger partial charge in [-0.1, -0.05) is 23.7 Å². The minimum absolute atomic E-state index is 0.0311. The standard InChI is InChI=1S/C19H21ClN6O2/c1-4-25-10-15(17(24-25)18(21)27)22-19(28)14-7-5-6-13(8-14)9-26-12(3)16(20)11(2)23-26/h5-8,10H,4,9H2,1-3H3,(H2,21,27)(H,22,28). The van der Waals surface area contributed by atoms with Crippen molar-refractivity contribution in [2.24, 2.45) is 5.73 Å². The van der Waals surface area contributed by atoms with Gasteiger partial charge in [-0.25, -0.2) is 0 Å². The molecule has 0 radical (unpaired) electrons. The van der Waals surface area contributed by atoms with Crippen molar-refractivity contribution in [3.63, 3.8) is 0 Å². The van der Waals surface area contributed by atoms with Crippen LogP contribution in [0.5, 0.6) is 0 Å². The van der Waals surface area contributed by atoms with Gasteiger partial charge in [-0.15, -0.1) is 0 Å². The molecule has 146 valence electrons. The number of rotatable bonds is 6. The quantitative estimate of drug-likeness (QED) is 0.663. The van der Waals surface area contributed by atoms with Crippen LogP contribution < -0.4 is 11.1 Å². The number of nitrogens with zero attached hydrogens (tertiary/aromatic N) is 4. The van der Waals surface area contributed by atoms with Gasteiger partial charge >= 0.3 is 0 Å². The molecule has 0 saturated carbocycles. The summed E-state index contributed by atoms with van der Waals surface area (Å²) in [5, 5.41) is 11.8. The summed E-state index contributed by atoms with van der Waals surface area (Å²) in [7, 11) is 0. The maximum absolute atomic E-state index is 12.7. The number of aryl methyl sites for hydroxylation is 2. The fraction of sp³-hybridized carbons (Fsp3) is 0.263. The van der Waals surface area contributed by atoms with Gasteiger partial charge in [0, 0.05) is 18.3 Å². The van der Waals surface area contributed by atoms with Gasteiger partial charge in [-0.3, -0.25) is 19.0 Å². The molecule has 0 aliphatic heterocycles. The lowest BCUT2D eigenvalue weighted by molar-refractivity contribution is 0.0995. The van der Waals surface area contributed by atoms with Crippen molar-refractivity contribution >= 4 is 29.1 Å². The van der Waals surface area contributed by atoms with E-state index in [9.17, 15) is 9.59 Å². The number of carbonyl (C=O) groups is 2. The molecule has 0 atom stereocenters. The maximum Gasteiger partial charge on any atom is 0.271 e. The molecule has 0 spiro atoms. The van der Waals surface area contributed by atoms with Gasteiger partial charge in [0.2, 0.25) is 0 Å². The highest BCUT2D eigenvalue weighted by Gasteiger charge is 2.17. The molecule has 0 fully saturated rings. The molecular formula is C19H21ClN6O2. The van der Waals surface area contributed by atoms with E-state index in [0.717, 1.165) is 17.0 Å². The number of anilines is 1. The van der Waals surface area contributed by atoms with E-state index in [1.807, 2.05) is 26.8 Å². The van der Waals surface area contributed by atoms with Crippen LogP contribution >= 0.6 is 11.6 Å². The molecule has 0 unspecified atom stereocenters. The minimum Gasteiger partial charge on any atom is -0.364 e. The summed E-state index contributed by atoms with van der Waals surface area (Å²) in [4.78, 5) is 24.2. The van der Waals surface area contributed by atoms with Crippen LogP contribution in [0.15, 0.2) is 30.5 Å². The number of hydrogen-bond acceptors (Lipinski definition) is 4. The summed E-state index contributed by atoms with van der Waals surface area (Å²) in [6.45, 7) is 6.66. The van der Waals surface area contributed by atoms with E-state index < -0.39 is 5.91 Å². The van der Waals surface area contributed by atoms with Gasteiger partial charge in [0.15, 0.2) is 5.69 Å². The summed E-state index contributed by atoms with van der Waals surface area (Å²) in [6.07, 6.45) is 1.58. The lowest BCUT2D eigenvalue weighted by Crippen LogP contribution is -2.18. The monoisotopic (exact) mass is 400 g/mol. The molecule has 2 aromatic heterocycles. The third-order valence-corrected chi connectivity index (χ3v) is 4.93. The summed E-state index contributed by atoms with van der Waals surface area (Å²) in [5.41, 5.74) is 8.65. The van der Waals surface area contributed by atoms with Crippen LogP contribution in [0.1, 0.15) is 44.7 Å². The van der Waals surface area contributed by atoms with Crippen LogP contribution in [0.4, 0.5) is 5.69 Å². The fourth-order valence-corrected chi connectivity index (χ4v) is 3.00. The Kier molecular flexibility index (Phi) is 5.51. The highest BCUT2D eigenvalue weighted by molar-refractivity contribution is 6.31. The number of aromatic nitrogens is 4. The Morgan fingerprint density at radius 2 is 2.00 bits per heavy atom. The Balaban J connectivity index is 1.82. The van der Waals surface area contributed by atoms with Crippen molar-refractivity contribution in [2.75, 3.05) is 5.32 Å². The zero-order valence-corrected chi connectivity index (χ0v) is 16.6. The summed E-state index contributed by atoms with van der Waals surface area (Å²) in [5.74, 6) is -1.05. The summed E-state index contributed by atoms with van der Waals surface area (Å²) < 4.78 is 3.34. The normalized spacial score (nSPS) is 10.9. The van der Waals surface area contributed by atoms with Gasteiger partial charge in [-0.05, 0) is 38.5 Å². The number of carbonyl (C=O) groups excluding carboxylic acids is 2. The second kappa shape index (κ2) is 7.85. The van der Waals surface area contributed by atoms with E-state index >= 15 is 0 Å². The molecule has 1 aromatic carbocycles. The van der Waals surface area contributed by atoms with E-state index in [1.54, 1.807) is 33.8 Å². The molecule has 2 heterocycles. The molecule has 0 aliphatic carbocycles. The molecule has 9 heteroatoms. The van der Waals surface area contributed by atoms with Gasteiger partial charge in [0.25, 0.3) is 11.8 Å². The molecule has 2 amide bonds. The number of halogens is 1. The predicted octanol–water partition coefficient (Wildman–Crippen LogP) is 2.77. The second-order valence-corrected chi connectivity index (χ2v) is 6.79. The number of nitrogens with one attached hydrogen (secondary N) is 1. The first-order valence-corrected chi connectivity index (χ1v) is 9.15. The summed E-state index contributed by atoms with van der Waals surface area (Å²) in [6, 6.07) is 7.17. The molecule has 0 saturated heterocycles. The van der Waals surface area contributed by atoms with Crippen molar-refractivity contribution in [1.29, 1.82) is 0 Å². The Hall–Kier alpha value is -3.13. The van der Waals surface area contributed by atoms with E-state index in [2.05, 4.69) is 15.5 Å². The second-order valence-electron chi connectivity index (χ2n) is 6.41. The molecule has 8 nitrogen and oxygen atoms in total. The number of hydrogen-bond donors (Lipinski definition) is 2. The highest BCUT2D eigenvalue weighted by atomic mass is 35.5. The molecule has 0 bridgehead atoms. The van der Waals surface area contributed by atoms with Crippen LogP contribution in [0.25, 0.3) is 0 Å². The zero-order valence-electron chi connectivity index (χ0n) is 15.9. The average Bonchev–Trinajstić information content (AvgIpc) is 3.18. The average molecular weight is 401 g/mol. The molecule has 0 aliphatic rings. The Bertz CT molecular complexity index is 1050. The fourth-order valence-electron chi connectivity index (χ4n) is 2.86. The van der Waals surface area contributed by atoms with Crippen molar-refractivity contribution < 1.29 is 9.59 Å². The van der Waals surface area contributed by atoms with Crippen LogP contribution in [0.2, 0.25) is 5.02 Å². The molecule has 3 rings (SSSR count). The lowest BCUT2D eigenvalue weighted by Gasteiger charge is -2.08. The van der Waals surface area contributed by atoms with Crippen LogP contribution in [-0.2, 0) is 13.1 Å². The SMILES string of the molecule is CCn1cc(NC(=O)c2cccc(Cn3nc(C)c(Cl)c3C)c2)c(C(N)=O)n1. The van der Waals surface area contributed by atoms with Gasteiger partial charge in [0.05, 0.1) is 28.6 Å². The van der Waals surface area contributed by atoms with Gasteiger partial charge < -0.3 is 11.1 Å². The first-order valence-electron chi connectivity index (χ1n) is 8.77. The van der Waals surface area contributed by atoms with Gasteiger partial charge in [0.1, 0.15) is 0 Å². The predicted molar refractivity (Wildman–Crippen MR) is 107 cm³/mol. The number of benzene rings is 1. The third kappa shape index (κ3) is 3.91. The van der Waals surface area contributed by atoms with E-state index in [-0.39, 0.29) is 17.3 Å². The number of primary amides is 1. The largest absolute Gasteiger partial charge is 0.364 e. The Morgan fingerprint density at radius 3 is 2.61 bits per heavy atom. The van der Waals surface area contributed by atoms with E-state index in [4.69, 9.17) is 17.3 Å². The Morgan fingerprint density at radius 1 is 1.25 bits per heavy atom. The van der Waals surface area contributed by atoms with E-state index in [0.29, 0.717) is 23.7 Å². The minimum atomic E-state index is -0.697. The molecule has 3 N–H and O–H groups in total. The van der Waals surface area contributed by atoms with Crippen molar-refractivity contribution in [2.45, 2.75) is 33.9 Å². The zero-order chi connectivity index (χ0) is 20.4. The van der Waals surface area contributed by atoms with Crippen molar-refractivity contribution in [3.05, 3.63) is 63.7 Å². The first kappa shape index (κ1) is 19.6. The summed E-state index contributed by atoms with van der Waals surface area (Å²) >= 11 is 6.20. The maximum atomic E-state index is 12.7. The number of nitrogens with two attached hydrogens (primary N) is 1. The van der Waals surface area contributed by atoms with Crippen molar-refractivity contribution in [1.82, 2.24) is 19.6 Å². The third-order valence-electron chi connectivity index (χ3n) is 4.38. The topological polar surface area (TPSA) is 108 Å². The molecular weight excluding hydrogens is 380 g/mol. The van der Waals surface area contributed by atoms with Gasteiger partial charge in [-0.2, -0.15) is 10.2 Å². The van der Waals surface area contributed by atoms with E-state index in [1.165, 1.54) is 0 Å². The smallest absolute Gasteiger partial charge is 0.271 e. The molecule has 3 aromatic rings.